The van der Waals surface area contributed by atoms with Crippen LogP contribution in [0.5, 0.6) is 0 Å². The number of hydrogen-bond acceptors (Lipinski definition) is 4. The minimum absolute atomic E-state index is 0.764. The van der Waals surface area contributed by atoms with Gasteiger partial charge in [0.15, 0.2) is 0 Å². The van der Waals surface area contributed by atoms with E-state index in [0.29, 0.717) is 0 Å². The molecular weight excluding hydrogens is 204 g/mol. The normalized spacial score (nSPS) is 10.9. The monoisotopic (exact) mass is 232 g/mol. The van der Waals surface area contributed by atoms with Gasteiger partial charge in [-0.25, -0.2) is 0 Å². The smallest absolute Gasteiger partial charge is 0.0466 e. The SMILES string of the molecule is NCCCCOCCCCOCCCCN. The van der Waals surface area contributed by atoms with Crippen LogP contribution >= 0.6 is 0 Å². The summed E-state index contributed by atoms with van der Waals surface area (Å²) in [5.41, 5.74) is 10.8. The lowest BCUT2D eigenvalue weighted by molar-refractivity contribution is 0.0999. The number of rotatable bonds is 13. The zero-order chi connectivity index (χ0) is 11.9. The highest BCUT2D eigenvalue weighted by Crippen LogP contribution is 1.95. The lowest BCUT2D eigenvalue weighted by atomic mass is 10.3. The fourth-order valence-electron chi connectivity index (χ4n) is 1.31. The molecule has 0 aromatic heterocycles. The Morgan fingerprint density at radius 3 is 1.12 bits per heavy atom. The first-order chi connectivity index (χ1) is 7.91. The summed E-state index contributed by atoms with van der Waals surface area (Å²) in [5.74, 6) is 0. The summed E-state index contributed by atoms with van der Waals surface area (Å²) >= 11 is 0. The third-order valence-electron chi connectivity index (χ3n) is 2.31. The molecule has 0 bridgehead atoms. The van der Waals surface area contributed by atoms with Gasteiger partial charge in [0.25, 0.3) is 0 Å². The lowest BCUT2D eigenvalue weighted by Crippen LogP contribution is -2.04. The highest BCUT2D eigenvalue weighted by Gasteiger charge is 1.92. The molecule has 0 heterocycles. The summed E-state index contributed by atoms with van der Waals surface area (Å²) in [7, 11) is 0. The van der Waals surface area contributed by atoms with E-state index in [2.05, 4.69) is 0 Å². The zero-order valence-electron chi connectivity index (χ0n) is 10.5. The topological polar surface area (TPSA) is 70.5 Å². The molecular formula is C12H28N2O2. The standard InChI is InChI=1S/C12H28N2O2/c13-7-1-3-9-15-11-5-6-12-16-10-4-2-8-14/h1-14H2. The first kappa shape index (κ1) is 15.8. The maximum atomic E-state index is 5.45. The fraction of sp³-hybridized carbons (Fsp3) is 1.00. The molecule has 0 amide bonds. The number of nitrogens with two attached hydrogens (primary N) is 2. The van der Waals surface area contributed by atoms with Crippen molar-refractivity contribution in [2.75, 3.05) is 39.5 Å². The highest BCUT2D eigenvalue weighted by molar-refractivity contribution is 4.43. The Kier molecular flexibility index (Phi) is 14.7. The van der Waals surface area contributed by atoms with E-state index in [-0.39, 0.29) is 0 Å². The van der Waals surface area contributed by atoms with Crippen LogP contribution in [0.15, 0.2) is 0 Å². The Balaban J connectivity index is 2.83. The van der Waals surface area contributed by atoms with Crippen molar-refractivity contribution in [3.8, 4) is 0 Å². The molecule has 4 nitrogen and oxygen atoms in total. The third-order valence-corrected chi connectivity index (χ3v) is 2.31. The van der Waals surface area contributed by atoms with E-state index in [9.17, 15) is 0 Å². The van der Waals surface area contributed by atoms with Gasteiger partial charge in [-0.3, -0.25) is 0 Å². The largest absolute Gasteiger partial charge is 0.381 e. The minimum atomic E-state index is 0.764. The summed E-state index contributed by atoms with van der Waals surface area (Å²) in [4.78, 5) is 0. The van der Waals surface area contributed by atoms with Crippen LogP contribution in [-0.4, -0.2) is 39.5 Å². The molecule has 0 aliphatic heterocycles. The lowest BCUT2D eigenvalue weighted by Gasteiger charge is -2.05. The van der Waals surface area contributed by atoms with Crippen LogP contribution < -0.4 is 11.5 Å². The van der Waals surface area contributed by atoms with E-state index >= 15 is 0 Å². The average molecular weight is 232 g/mol. The molecule has 0 aromatic carbocycles. The van der Waals surface area contributed by atoms with Crippen molar-refractivity contribution in [1.29, 1.82) is 0 Å². The molecule has 0 fully saturated rings. The number of ether oxygens (including phenoxy) is 2. The van der Waals surface area contributed by atoms with Gasteiger partial charge in [-0.2, -0.15) is 0 Å². The second-order valence-corrected chi connectivity index (χ2v) is 3.92. The Bertz CT molecular complexity index is 110. The van der Waals surface area contributed by atoms with Gasteiger partial charge in [-0.15, -0.1) is 0 Å². The zero-order valence-corrected chi connectivity index (χ0v) is 10.5. The molecule has 0 aliphatic rings. The molecule has 4 heteroatoms. The van der Waals surface area contributed by atoms with Crippen molar-refractivity contribution in [1.82, 2.24) is 0 Å². The van der Waals surface area contributed by atoms with Crippen LogP contribution in [0.4, 0.5) is 0 Å². The maximum absolute atomic E-state index is 5.45. The van der Waals surface area contributed by atoms with Crippen LogP contribution in [-0.2, 0) is 9.47 Å². The van der Waals surface area contributed by atoms with Crippen LogP contribution in [0, 0.1) is 0 Å². The number of unbranched alkanes of at least 4 members (excludes halogenated alkanes) is 3. The predicted molar refractivity (Wildman–Crippen MR) is 67.4 cm³/mol. The van der Waals surface area contributed by atoms with E-state index in [0.717, 1.165) is 78.0 Å². The van der Waals surface area contributed by atoms with Gasteiger partial charge in [0.1, 0.15) is 0 Å². The van der Waals surface area contributed by atoms with E-state index in [4.69, 9.17) is 20.9 Å². The van der Waals surface area contributed by atoms with Crippen molar-refractivity contribution in [2.45, 2.75) is 38.5 Å². The molecule has 0 rings (SSSR count). The molecule has 98 valence electrons. The molecule has 0 spiro atoms. The van der Waals surface area contributed by atoms with Crippen molar-refractivity contribution >= 4 is 0 Å². The van der Waals surface area contributed by atoms with Crippen LogP contribution in [0.2, 0.25) is 0 Å². The van der Waals surface area contributed by atoms with Gasteiger partial charge in [0.2, 0.25) is 0 Å². The number of hydrogen-bond donors (Lipinski definition) is 2. The Hall–Kier alpha value is -0.160. The van der Waals surface area contributed by atoms with Gasteiger partial charge in [-0.1, -0.05) is 0 Å². The second-order valence-electron chi connectivity index (χ2n) is 3.92. The Morgan fingerprint density at radius 1 is 0.500 bits per heavy atom. The molecule has 0 saturated heterocycles. The average Bonchev–Trinajstić information content (AvgIpc) is 2.31. The molecule has 0 aliphatic carbocycles. The predicted octanol–water partition coefficient (Wildman–Crippen LogP) is 1.28. The van der Waals surface area contributed by atoms with Gasteiger partial charge in [0.05, 0.1) is 0 Å². The van der Waals surface area contributed by atoms with Gasteiger partial charge >= 0.3 is 0 Å². The summed E-state index contributed by atoms with van der Waals surface area (Å²) < 4.78 is 10.9. The van der Waals surface area contributed by atoms with E-state index in [1.807, 2.05) is 0 Å². The van der Waals surface area contributed by atoms with Gasteiger partial charge in [-0.05, 0) is 51.6 Å². The molecule has 0 saturated carbocycles. The quantitative estimate of drug-likeness (QED) is 0.469. The summed E-state index contributed by atoms with van der Waals surface area (Å²) in [6.45, 7) is 4.90. The third kappa shape index (κ3) is 13.8. The van der Waals surface area contributed by atoms with Crippen molar-refractivity contribution in [2.24, 2.45) is 11.5 Å². The minimum Gasteiger partial charge on any atom is -0.381 e. The molecule has 0 atom stereocenters. The van der Waals surface area contributed by atoms with E-state index in [1.165, 1.54) is 0 Å². The van der Waals surface area contributed by atoms with Gasteiger partial charge in [0, 0.05) is 26.4 Å². The molecule has 16 heavy (non-hydrogen) atoms. The highest BCUT2D eigenvalue weighted by atomic mass is 16.5. The van der Waals surface area contributed by atoms with E-state index in [1.54, 1.807) is 0 Å². The fourth-order valence-corrected chi connectivity index (χ4v) is 1.31. The van der Waals surface area contributed by atoms with Crippen LogP contribution in [0.3, 0.4) is 0 Å². The first-order valence-corrected chi connectivity index (χ1v) is 6.47. The summed E-state index contributed by atoms with van der Waals surface area (Å²) in [6.07, 6.45) is 6.44. The Labute approximate surface area is 99.7 Å². The Morgan fingerprint density at radius 2 is 0.812 bits per heavy atom. The van der Waals surface area contributed by atoms with Crippen LogP contribution in [0.1, 0.15) is 38.5 Å². The maximum Gasteiger partial charge on any atom is 0.0466 e. The van der Waals surface area contributed by atoms with Crippen molar-refractivity contribution < 1.29 is 9.47 Å². The molecule has 4 N–H and O–H groups in total. The second kappa shape index (κ2) is 14.8. The van der Waals surface area contributed by atoms with Crippen LogP contribution in [0.25, 0.3) is 0 Å². The summed E-state index contributed by atoms with van der Waals surface area (Å²) in [6, 6.07) is 0. The summed E-state index contributed by atoms with van der Waals surface area (Å²) in [5, 5.41) is 0. The van der Waals surface area contributed by atoms with Gasteiger partial charge < -0.3 is 20.9 Å². The first-order valence-electron chi connectivity index (χ1n) is 6.47. The molecule has 0 radical (unpaired) electrons. The van der Waals surface area contributed by atoms with E-state index < -0.39 is 0 Å². The molecule has 0 aromatic rings. The van der Waals surface area contributed by atoms with Crippen molar-refractivity contribution in [3.63, 3.8) is 0 Å². The van der Waals surface area contributed by atoms with Crippen molar-refractivity contribution in [3.05, 3.63) is 0 Å². The molecule has 0 unspecified atom stereocenters.